The van der Waals surface area contributed by atoms with E-state index in [2.05, 4.69) is 10.5 Å². The average Bonchev–Trinajstić information content (AvgIpc) is 2.76. The molecule has 9 heteroatoms. The Morgan fingerprint density at radius 1 is 1.00 bits per heavy atom. The molecular weight excluding hydrogens is 446 g/mol. The third-order valence-electron chi connectivity index (χ3n) is 4.04. The van der Waals surface area contributed by atoms with Gasteiger partial charge in [-0.05, 0) is 54.1 Å². The van der Waals surface area contributed by atoms with Crippen LogP contribution in [-0.2, 0) is 0 Å². The number of nitrogens with zero attached hydrogens (tertiary/aromatic N) is 1. The number of hydrogen-bond donors (Lipinski definition) is 1. The Morgan fingerprint density at radius 2 is 1.77 bits per heavy atom. The lowest BCUT2D eigenvalue weighted by Crippen LogP contribution is -2.18. The molecule has 1 N–H and O–H groups in total. The van der Waals surface area contributed by atoms with Crippen LogP contribution in [0.3, 0.4) is 0 Å². The minimum absolute atomic E-state index is 0.123. The lowest BCUT2D eigenvalue weighted by molar-refractivity contribution is 0.0729. The van der Waals surface area contributed by atoms with Crippen molar-refractivity contribution in [2.45, 2.75) is 0 Å². The van der Waals surface area contributed by atoms with Crippen LogP contribution in [0, 0.1) is 5.82 Å². The third-order valence-corrected chi connectivity index (χ3v) is 4.78. The summed E-state index contributed by atoms with van der Waals surface area (Å²) >= 11 is 11.8. The summed E-state index contributed by atoms with van der Waals surface area (Å²) in [4.78, 5) is 24.3. The van der Waals surface area contributed by atoms with Gasteiger partial charge < -0.3 is 9.47 Å². The summed E-state index contributed by atoms with van der Waals surface area (Å²) in [6.07, 6.45) is 1.34. The van der Waals surface area contributed by atoms with Gasteiger partial charge in [-0.15, -0.1) is 0 Å². The molecule has 0 bridgehead atoms. The van der Waals surface area contributed by atoms with Crippen molar-refractivity contribution >= 4 is 41.3 Å². The molecule has 3 rings (SSSR count). The number of esters is 1. The van der Waals surface area contributed by atoms with Crippen LogP contribution in [0.2, 0.25) is 10.0 Å². The zero-order valence-corrected chi connectivity index (χ0v) is 17.6. The average molecular weight is 461 g/mol. The van der Waals surface area contributed by atoms with Crippen molar-refractivity contribution in [3.63, 3.8) is 0 Å². The lowest BCUT2D eigenvalue weighted by atomic mass is 10.2. The van der Waals surface area contributed by atoms with Gasteiger partial charge in [0.1, 0.15) is 5.82 Å². The van der Waals surface area contributed by atoms with E-state index in [1.54, 1.807) is 18.2 Å². The number of nitrogens with one attached hydrogen (secondary N) is 1. The smallest absolute Gasteiger partial charge is 0.343 e. The molecule has 31 heavy (non-hydrogen) atoms. The predicted octanol–water partition coefficient (Wildman–Crippen LogP) is 5.12. The lowest BCUT2D eigenvalue weighted by Gasteiger charge is -2.10. The van der Waals surface area contributed by atoms with E-state index in [4.69, 9.17) is 32.7 Å². The van der Waals surface area contributed by atoms with Gasteiger partial charge in [-0.1, -0.05) is 35.3 Å². The van der Waals surface area contributed by atoms with Gasteiger partial charge >= 0.3 is 5.97 Å². The molecule has 0 saturated carbocycles. The molecule has 0 aromatic heterocycles. The standard InChI is InChI=1S/C22H15Cl2FN2O4/c1-30-20-10-13(12-26-27-21(28)15-4-2-3-5-18(15)25)6-9-19(20)31-22(29)14-7-8-16(23)17(24)11-14/h2-12H,1H3,(H,27,28)/b26-12-. The minimum atomic E-state index is -0.687. The molecule has 6 nitrogen and oxygen atoms in total. The first-order chi connectivity index (χ1) is 14.9. The van der Waals surface area contributed by atoms with E-state index in [0.717, 1.165) is 0 Å². The third kappa shape index (κ3) is 5.59. The van der Waals surface area contributed by atoms with Crippen molar-refractivity contribution in [1.29, 1.82) is 0 Å². The van der Waals surface area contributed by atoms with E-state index >= 15 is 0 Å². The number of carbonyl (C=O) groups excluding carboxylic acids is 2. The van der Waals surface area contributed by atoms with Gasteiger partial charge in [0.2, 0.25) is 0 Å². The molecule has 0 unspecified atom stereocenters. The molecule has 0 atom stereocenters. The normalized spacial score (nSPS) is 10.7. The number of benzene rings is 3. The summed E-state index contributed by atoms with van der Waals surface area (Å²) in [5.41, 5.74) is 2.88. The Morgan fingerprint density at radius 3 is 2.48 bits per heavy atom. The molecule has 0 saturated heterocycles. The van der Waals surface area contributed by atoms with Gasteiger partial charge in [-0.25, -0.2) is 14.6 Å². The maximum atomic E-state index is 13.6. The number of hydrogen-bond acceptors (Lipinski definition) is 5. The number of amides is 1. The van der Waals surface area contributed by atoms with Crippen molar-refractivity contribution < 1.29 is 23.5 Å². The Bertz CT molecular complexity index is 1170. The summed E-state index contributed by atoms with van der Waals surface area (Å²) < 4.78 is 24.2. The minimum Gasteiger partial charge on any atom is -0.493 e. The van der Waals surface area contributed by atoms with E-state index in [9.17, 15) is 14.0 Å². The van der Waals surface area contributed by atoms with Gasteiger partial charge in [0, 0.05) is 0 Å². The van der Waals surface area contributed by atoms with E-state index in [0.29, 0.717) is 10.6 Å². The summed E-state index contributed by atoms with van der Waals surface area (Å²) in [6.45, 7) is 0. The van der Waals surface area contributed by atoms with Crippen LogP contribution in [0.4, 0.5) is 4.39 Å². The highest BCUT2D eigenvalue weighted by molar-refractivity contribution is 6.42. The first-order valence-corrected chi connectivity index (χ1v) is 9.58. The second-order valence-corrected chi connectivity index (χ2v) is 6.92. The van der Waals surface area contributed by atoms with Crippen molar-refractivity contribution in [2.75, 3.05) is 7.11 Å². The molecule has 158 valence electrons. The van der Waals surface area contributed by atoms with E-state index in [-0.39, 0.29) is 27.6 Å². The highest BCUT2D eigenvalue weighted by atomic mass is 35.5. The van der Waals surface area contributed by atoms with Gasteiger partial charge in [-0.3, -0.25) is 4.79 Å². The number of hydrazone groups is 1. The van der Waals surface area contributed by atoms with Gasteiger partial charge in [-0.2, -0.15) is 5.10 Å². The Labute approximate surface area is 187 Å². The summed E-state index contributed by atoms with van der Waals surface area (Å²) in [7, 11) is 1.41. The quantitative estimate of drug-likeness (QED) is 0.239. The van der Waals surface area contributed by atoms with Crippen LogP contribution in [0.1, 0.15) is 26.3 Å². The first-order valence-electron chi connectivity index (χ1n) is 8.82. The first kappa shape index (κ1) is 22.3. The molecule has 3 aromatic rings. The van der Waals surface area contributed by atoms with Crippen molar-refractivity contribution in [1.82, 2.24) is 5.43 Å². The van der Waals surface area contributed by atoms with Crippen molar-refractivity contribution in [3.05, 3.63) is 93.2 Å². The number of ether oxygens (including phenoxy) is 2. The Kier molecular flexibility index (Phi) is 7.23. The van der Waals surface area contributed by atoms with Gasteiger partial charge in [0.05, 0.1) is 34.5 Å². The predicted molar refractivity (Wildman–Crippen MR) is 116 cm³/mol. The summed E-state index contributed by atoms with van der Waals surface area (Å²) in [6, 6.07) is 14.6. The highest BCUT2D eigenvalue weighted by Gasteiger charge is 2.14. The van der Waals surface area contributed by atoms with E-state index in [1.807, 2.05) is 0 Å². The number of rotatable bonds is 6. The molecular formula is C22H15Cl2FN2O4. The highest BCUT2D eigenvalue weighted by Crippen LogP contribution is 2.29. The fourth-order valence-electron chi connectivity index (χ4n) is 2.50. The second-order valence-electron chi connectivity index (χ2n) is 6.11. The van der Waals surface area contributed by atoms with Crippen LogP contribution in [-0.4, -0.2) is 25.2 Å². The molecule has 0 aliphatic carbocycles. The Hall–Kier alpha value is -3.42. The molecule has 3 aromatic carbocycles. The van der Waals surface area contributed by atoms with Crippen LogP contribution in [0.15, 0.2) is 65.8 Å². The van der Waals surface area contributed by atoms with Crippen LogP contribution < -0.4 is 14.9 Å². The second kappa shape index (κ2) is 10.1. The molecule has 0 fully saturated rings. The maximum Gasteiger partial charge on any atom is 0.343 e. The van der Waals surface area contributed by atoms with E-state index in [1.165, 1.54) is 55.8 Å². The molecule has 0 aliphatic rings. The fraction of sp³-hybridized carbons (Fsp3) is 0.0455. The zero-order chi connectivity index (χ0) is 22.4. The van der Waals surface area contributed by atoms with E-state index < -0.39 is 17.7 Å². The summed E-state index contributed by atoms with van der Waals surface area (Å²) in [5.74, 6) is -1.54. The summed E-state index contributed by atoms with van der Waals surface area (Å²) in [5, 5.41) is 4.36. The zero-order valence-electron chi connectivity index (χ0n) is 16.1. The SMILES string of the molecule is COc1cc(/C=N\NC(=O)c2ccccc2F)ccc1OC(=O)c1ccc(Cl)c(Cl)c1. The number of halogens is 3. The molecule has 0 spiro atoms. The molecule has 0 heterocycles. The van der Waals surface area contributed by atoms with Crippen LogP contribution >= 0.6 is 23.2 Å². The molecule has 0 radical (unpaired) electrons. The maximum absolute atomic E-state index is 13.6. The van der Waals surface area contributed by atoms with Crippen molar-refractivity contribution in [3.8, 4) is 11.5 Å². The van der Waals surface area contributed by atoms with Gasteiger partial charge in [0.15, 0.2) is 11.5 Å². The van der Waals surface area contributed by atoms with Crippen LogP contribution in [0.5, 0.6) is 11.5 Å². The van der Waals surface area contributed by atoms with Crippen molar-refractivity contribution in [2.24, 2.45) is 5.10 Å². The van der Waals surface area contributed by atoms with Crippen LogP contribution in [0.25, 0.3) is 0 Å². The van der Waals surface area contributed by atoms with Gasteiger partial charge in [0.25, 0.3) is 5.91 Å². The fourth-order valence-corrected chi connectivity index (χ4v) is 2.80. The largest absolute Gasteiger partial charge is 0.493 e. The molecule has 0 aliphatic heterocycles. The monoisotopic (exact) mass is 460 g/mol. The number of methoxy groups -OCH3 is 1. The number of carbonyl (C=O) groups is 2. The molecule has 1 amide bonds. The topological polar surface area (TPSA) is 77.0 Å². The Balaban J connectivity index is 1.70.